The van der Waals surface area contributed by atoms with Gasteiger partial charge in [0.05, 0.1) is 13.0 Å². The number of nitrogens with one attached hydrogen (secondary N) is 1. The molecule has 0 saturated carbocycles. The number of benzene rings is 1. The van der Waals surface area contributed by atoms with Gasteiger partial charge in [0.15, 0.2) is 17.5 Å². The number of ether oxygens (including phenoxy) is 4. The van der Waals surface area contributed by atoms with Crippen molar-refractivity contribution in [1.29, 1.82) is 0 Å². The van der Waals surface area contributed by atoms with Gasteiger partial charge >= 0.3 is 5.97 Å². The maximum absolute atomic E-state index is 12.1. The molecule has 3 aliphatic rings. The van der Waals surface area contributed by atoms with E-state index in [1.807, 2.05) is 6.07 Å². The smallest absolute Gasteiger partial charge is 0.310 e. The molecule has 2 atom stereocenters. The van der Waals surface area contributed by atoms with Crippen LogP contribution in [-0.4, -0.2) is 70.6 Å². The molecule has 0 radical (unpaired) electrons. The first-order valence-corrected chi connectivity index (χ1v) is 10.6. The Morgan fingerprint density at radius 3 is 2.71 bits per heavy atom. The molecule has 0 amide bonds. The molecule has 9 heteroatoms. The Kier molecular flexibility index (Phi) is 7.90. The van der Waals surface area contributed by atoms with Crippen molar-refractivity contribution in [2.75, 3.05) is 53.8 Å². The van der Waals surface area contributed by atoms with E-state index < -0.39 is 0 Å². The first kappa shape index (κ1) is 23.9. The van der Waals surface area contributed by atoms with Gasteiger partial charge in [-0.25, -0.2) is 0 Å². The summed E-state index contributed by atoms with van der Waals surface area (Å²) in [6.45, 7) is 5.93. The van der Waals surface area contributed by atoms with Crippen molar-refractivity contribution in [3.8, 4) is 11.5 Å². The number of hydrogen-bond acceptors (Lipinski definition) is 6. The van der Waals surface area contributed by atoms with Crippen LogP contribution in [-0.2, 0) is 19.7 Å². The first-order chi connectivity index (χ1) is 14.6. The Morgan fingerprint density at radius 2 is 2.00 bits per heavy atom. The van der Waals surface area contributed by atoms with Crippen LogP contribution in [0.25, 0.3) is 0 Å². The van der Waals surface area contributed by atoms with E-state index in [9.17, 15) is 4.79 Å². The molecule has 1 N–H and O–H groups in total. The van der Waals surface area contributed by atoms with Gasteiger partial charge in [-0.2, -0.15) is 0 Å². The topological polar surface area (TPSA) is 81.6 Å². The quantitative estimate of drug-likeness (QED) is 0.270. The van der Waals surface area contributed by atoms with E-state index in [0.29, 0.717) is 6.54 Å². The summed E-state index contributed by atoms with van der Waals surface area (Å²) >= 11 is 0. The monoisotopic (exact) mass is 545 g/mol. The van der Waals surface area contributed by atoms with Crippen LogP contribution in [0.4, 0.5) is 0 Å². The Hall–Kier alpha value is -1.75. The molecule has 0 aliphatic carbocycles. The molecule has 0 spiro atoms. The van der Waals surface area contributed by atoms with E-state index in [-0.39, 0.29) is 54.0 Å². The summed E-state index contributed by atoms with van der Waals surface area (Å²) in [7, 11) is 3.24. The molecule has 1 aromatic carbocycles. The Morgan fingerprint density at radius 1 is 1.26 bits per heavy atom. The van der Waals surface area contributed by atoms with Crippen LogP contribution in [0, 0.1) is 11.8 Å². The number of aliphatic imine (C=N–C) groups is 1. The summed E-state index contributed by atoms with van der Waals surface area (Å²) in [5.41, 5.74) is 1.14. The Labute approximate surface area is 200 Å². The number of methoxy groups -OCH3 is 1. The van der Waals surface area contributed by atoms with Crippen LogP contribution in [0.1, 0.15) is 25.3 Å². The van der Waals surface area contributed by atoms with Crippen LogP contribution < -0.4 is 14.8 Å². The zero-order chi connectivity index (χ0) is 21.1. The Bertz CT molecular complexity index is 812. The summed E-state index contributed by atoms with van der Waals surface area (Å²) in [5.74, 6) is 2.37. The SMILES string of the molecule is CN=C(NCC1(c2ccc3c(c2)OCO3)CCOCC1)N1CC(C)C(C(=O)OC)C1.I. The highest BCUT2D eigenvalue weighted by atomic mass is 127. The van der Waals surface area contributed by atoms with Crippen LogP contribution in [0.5, 0.6) is 11.5 Å². The molecular formula is C22H32IN3O5. The van der Waals surface area contributed by atoms with Crippen molar-refractivity contribution < 1.29 is 23.7 Å². The van der Waals surface area contributed by atoms with E-state index in [1.165, 1.54) is 12.7 Å². The van der Waals surface area contributed by atoms with E-state index >= 15 is 0 Å². The predicted octanol–water partition coefficient (Wildman–Crippen LogP) is 2.40. The number of halogens is 1. The predicted molar refractivity (Wildman–Crippen MR) is 127 cm³/mol. The molecule has 172 valence electrons. The summed E-state index contributed by atoms with van der Waals surface area (Å²) in [6.07, 6.45) is 1.83. The lowest BCUT2D eigenvalue weighted by atomic mass is 9.74. The van der Waals surface area contributed by atoms with Gasteiger partial charge in [0.1, 0.15) is 0 Å². The molecule has 8 nitrogen and oxygen atoms in total. The van der Waals surface area contributed by atoms with E-state index in [4.69, 9.17) is 18.9 Å². The van der Waals surface area contributed by atoms with Crippen molar-refractivity contribution in [1.82, 2.24) is 10.2 Å². The molecule has 0 aromatic heterocycles. The molecule has 2 unspecified atom stereocenters. The Balaban J connectivity index is 0.00000272. The third-order valence-electron chi connectivity index (χ3n) is 6.65. The maximum Gasteiger partial charge on any atom is 0.310 e. The second-order valence-electron chi connectivity index (χ2n) is 8.37. The van der Waals surface area contributed by atoms with Crippen molar-refractivity contribution in [3.05, 3.63) is 23.8 Å². The summed E-state index contributed by atoms with van der Waals surface area (Å²) in [4.78, 5) is 18.7. The van der Waals surface area contributed by atoms with Crippen molar-refractivity contribution in [2.45, 2.75) is 25.2 Å². The van der Waals surface area contributed by atoms with Gasteiger partial charge in [0, 0.05) is 45.3 Å². The van der Waals surface area contributed by atoms with Gasteiger partial charge in [0.2, 0.25) is 6.79 Å². The highest BCUT2D eigenvalue weighted by Crippen LogP contribution is 2.40. The molecule has 4 rings (SSSR count). The molecule has 1 aromatic rings. The molecule has 3 heterocycles. The molecular weight excluding hydrogens is 513 g/mol. The number of likely N-dealkylation sites (tertiary alicyclic amines) is 1. The van der Waals surface area contributed by atoms with Crippen molar-refractivity contribution >= 4 is 35.9 Å². The maximum atomic E-state index is 12.1. The van der Waals surface area contributed by atoms with Gasteiger partial charge in [0.25, 0.3) is 0 Å². The second kappa shape index (κ2) is 10.2. The van der Waals surface area contributed by atoms with Crippen LogP contribution in [0.3, 0.4) is 0 Å². The number of hydrogen-bond donors (Lipinski definition) is 1. The highest BCUT2D eigenvalue weighted by molar-refractivity contribution is 14.0. The number of guanidine groups is 1. The number of rotatable bonds is 4. The fraction of sp³-hybridized carbons (Fsp3) is 0.636. The largest absolute Gasteiger partial charge is 0.469 e. The molecule has 31 heavy (non-hydrogen) atoms. The first-order valence-electron chi connectivity index (χ1n) is 10.6. The zero-order valence-corrected chi connectivity index (χ0v) is 20.7. The summed E-state index contributed by atoms with van der Waals surface area (Å²) in [6, 6.07) is 6.23. The van der Waals surface area contributed by atoms with Crippen molar-refractivity contribution in [2.24, 2.45) is 16.8 Å². The van der Waals surface area contributed by atoms with Gasteiger partial charge in [-0.1, -0.05) is 13.0 Å². The molecule has 2 saturated heterocycles. The van der Waals surface area contributed by atoms with Crippen molar-refractivity contribution in [3.63, 3.8) is 0 Å². The minimum atomic E-state index is -0.151. The van der Waals surface area contributed by atoms with Gasteiger partial charge in [-0.05, 0) is 36.5 Å². The number of fused-ring (bicyclic) bond motifs is 1. The number of esters is 1. The lowest BCUT2D eigenvalue weighted by molar-refractivity contribution is -0.145. The molecule has 0 bridgehead atoms. The number of carbonyl (C=O) groups is 1. The third-order valence-corrected chi connectivity index (χ3v) is 6.65. The van der Waals surface area contributed by atoms with Gasteiger partial charge in [-0.15, -0.1) is 24.0 Å². The second-order valence-corrected chi connectivity index (χ2v) is 8.37. The van der Waals surface area contributed by atoms with Gasteiger partial charge < -0.3 is 29.2 Å². The zero-order valence-electron chi connectivity index (χ0n) is 18.4. The normalized spacial score (nSPS) is 24.5. The summed E-state index contributed by atoms with van der Waals surface area (Å²) < 4.78 is 21.7. The fourth-order valence-electron chi connectivity index (χ4n) is 4.73. The molecule has 2 fully saturated rings. The average Bonchev–Trinajstić information content (AvgIpc) is 3.40. The number of carbonyl (C=O) groups excluding carboxylic acids is 1. The standard InChI is InChI=1S/C22H31N3O5.HI/c1-15-11-25(12-17(15)20(26)27-3)21(23-2)24-13-22(6-8-28-9-7-22)16-4-5-18-19(10-16)30-14-29-18;/h4-5,10,15,17H,6-9,11-14H2,1-3H3,(H,23,24);1H. The third kappa shape index (κ3) is 4.87. The lowest BCUT2D eigenvalue weighted by Gasteiger charge is -2.39. The minimum Gasteiger partial charge on any atom is -0.469 e. The summed E-state index contributed by atoms with van der Waals surface area (Å²) in [5, 5.41) is 3.58. The van der Waals surface area contributed by atoms with Crippen LogP contribution >= 0.6 is 24.0 Å². The van der Waals surface area contributed by atoms with Gasteiger partial charge in [-0.3, -0.25) is 9.79 Å². The lowest BCUT2D eigenvalue weighted by Crippen LogP contribution is -2.49. The van der Waals surface area contributed by atoms with E-state index in [0.717, 1.165) is 56.6 Å². The van der Waals surface area contributed by atoms with E-state index in [2.05, 4.69) is 34.3 Å². The van der Waals surface area contributed by atoms with E-state index in [1.54, 1.807) is 7.05 Å². The molecule has 3 aliphatic heterocycles. The highest BCUT2D eigenvalue weighted by Gasteiger charge is 2.39. The fourth-order valence-corrected chi connectivity index (χ4v) is 4.73. The number of nitrogens with zero attached hydrogens (tertiary/aromatic N) is 2. The van der Waals surface area contributed by atoms with Crippen LogP contribution in [0.15, 0.2) is 23.2 Å². The van der Waals surface area contributed by atoms with Crippen LogP contribution in [0.2, 0.25) is 0 Å². The minimum absolute atomic E-state index is 0. The average molecular weight is 545 g/mol.